The summed E-state index contributed by atoms with van der Waals surface area (Å²) in [6.07, 6.45) is 4.66. The number of rotatable bonds is 6. The maximum absolute atomic E-state index is 12.0. The quantitative estimate of drug-likeness (QED) is 0.873. The molecule has 1 atom stereocenters. The lowest BCUT2D eigenvalue weighted by Crippen LogP contribution is -2.38. The fourth-order valence-corrected chi connectivity index (χ4v) is 3.69. The molecule has 0 bridgehead atoms. The number of benzene rings is 1. The molecule has 1 aromatic rings. The summed E-state index contributed by atoms with van der Waals surface area (Å²) in [7, 11) is -3.19. The van der Waals surface area contributed by atoms with Crippen molar-refractivity contribution in [2.24, 2.45) is 0 Å². The van der Waals surface area contributed by atoms with E-state index in [2.05, 4.69) is 17.1 Å². The molecular weight excluding hydrogens is 272 g/mol. The monoisotopic (exact) mass is 296 g/mol. The van der Waals surface area contributed by atoms with Gasteiger partial charge in [-0.25, -0.2) is 8.42 Å². The molecule has 0 saturated carbocycles. The lowest BCUT2D eigenvalue weighted by Gasteiger charge is -2.29. The number of hydrogen-bond donors (Lipinski definition) is 1. The van der Waals surface area contributed by atoms with Gasteiger partial charge in [0.1, 0.15) is 0 Å². The predicted molar refractivity (Wildman–Crippen MR) is 83.1 cm³/mol. The fourth-order valence-electron chi connectivity index (χ4n) is 2.79. The lowest BCUT2D eigenvalue weighted by atomic mass is 10.2. The minimum Gasteiger partial charge on any atom is -0.369 e. The van der Waals surface area contributed by atoms with E-state index >= 15 is 0 Å². The highest BCUT2D eigenvalue weighted by molar-refractivity contribution is 7.90. The molecule has 4 nitrogen and oxygen atoms in total. The summed E-state index contributed by atoms with van der Waals surface area (Å²) in [5.74, 6) is 0. The second-order valence-corrected chi connectivity index (χ2v) is 7.46. The van der Waals surface area contributed by atoms with Crippen molar-refractivity contribution in [3.05, 3.63) is 24.3 Å². The van der Waals surface area contributed by atoms with Crippen molar-refractivity contribution >= 4 is 15.5 Å². The second kappa shape index (κ2) is 6.59. The fraction of sp³-hybridized carbons (Fsp3) is 0.600. The van der Waals surface area contributed by atoms with Gasteiger partial charge in [-0.2, -0.15) is 0 Å². The summed E-state index contributed by atoms with van der Waals surface area (Å²) >= 11 is 0. The molecular formula is C15H24N2O2S. The van der Waals surface area contributed by atoms with E-state index in [9.17, 15) is 8.42 Å². The van der Waals surface area contributed by atoms with Crippen LogP contribution in [0, 0.1) is 0 Å². The number of sulfone groups is 1. The van der Waals surface area contributed by atoms with E-state index in [-0.39, 0.29) is 0 Å². The Kier molecular flexibility index (Phi) is 5.05. The number of nitrogens with zero attached hydrogens (tertiary/aromatic N) is 1. The third-order valence-electron chi connectivity index (χ3n) is 3.70. The first-order valence-corrected chi connectivity index (χ1v) is 9.19. The molecule has 0 radical (unpaired) electrons. The molecule has 1 fully saturated rings. The van der Waals surface area contributed by atoms with Gasteiger partial charge in [0.15, 0.2) is 9.84 Å². The molecule has 0 aromatic heterocycles. The minimum atomic E-state index is -3.19. The molecule has 1 heterocycles. The molecule has 1 unspecified atom stereocenters. The third-order valence-corrected chi connectivity index (χ3v) is 4.85. The summed E-state index contributed by atoms with van der Waals surface area (Å²) in [5, 5.41) is 3.48. The van der Waals surface area contributed by atoms with E-state index in [0.717, 1.165) is 31.7 Å². The zero-order chi connectivity index (χ0) is 14.6. The first-order valence-electron chi connectivity index (χ1n) is 7.29. The molecule has 0 spiro atoms. The van der Waals surface area contributed by atoms with Gasteiger partial charge in [0.2, 0.25) is 0 Å². The Morgan fingerprint density at radius 1 is 1.35 bits per heavy atom. The normalized spacial score (nSPS) is 19.2. The molecule has 1 N–H and O–H groups in total. The van der Waals surface area contributed by atoms with Gasteiger partial charge in [0.25, 0.3) is 0 Å². The Balaban J connectivity index is 2.28. The Labute approximate surface area is 122 Å². The van der Waals surface area contributed by atoms with Crippen LogP contribution in [0.15, 0.2) is 29.2 Å². The SMILES string of the molecule is CCCN(CC1CCCN1)c1ccccc1S(C)(=O)=O. The molecule has 20 heavy (non-hydrogen) atoms. The molecule has 0 amide bonds. The van der Waals surface area contributed by atoms with Crippen LogP contribution in [0.25, 0.3) is 0 Å². The Bertz CT molecular complexity index is 537. The van der Waals surface area contributed by atoms with Gasteiger partial charge in [0.05, 0.1) is 10.6 Å². The molecule has 1 saturated heterocycles. The van der Waals surface area contributed by atoms with E-state index in [0.29, 0.717) is 10.9 Å². The molecule has 1 aliphatic heterocycles. The first-order chi connectivity index (χ1) is 9.52. The number of hydrogen-bond acceptors (Lipinski definition) is 4. The largest absolute Gasteiger partial charge is 0.369 e. The Morgan fingerprint density at radius 2 is 2.10 bits per heavy atom. The van der Waals surface area contributed by atoms with Crippen LogP contribution < -0.4 is 10.2 Å². The smallest absolute Gasteiger partial charge is 0.177 e. The lowest BCUT2D eigenvalue weighted by molar-refractivity contribution is 0.574. The average molecular weight is 296 g/mol. The maximum atomic E-state index is 12.0. The van der Waals surface area contributed by atoms with Crippen LogP contribution in [0.3, 0.4) is 0 Å². The highest BCUT2D eigenvalue weighted by Gasteiger charge is 2.21. The maximum Gasteiger partial charge on any atom is 0.177 e. The zero-order valence-electron chi connectivity index (χ0n) is 12.3. The van der Waals surface area contributed by atoms with E-state index in [1.54, 1.807) is 12.1 Å². The van der Waals surface area contributed by atoms with Crippen LogP contribution in [-0.4, -0.2) is 40.3 Å². The topological polar surface area (TPSA) is 49.4 Å². The van der Waals surface area contributed by atoms with Crippen molar-refractivity contribution < 1.29 is 8.42 Å². The van der Waals surface area contributed by atoms with E-state index in [1.807, 2.05) is 12.1 Å². The second-order valence-electron chi connectivity index (χ2n) is 5.48. The Hall–Kier alpha value is -1.07. The van der Waals surface area contributed by atoms with Gasteiger partial charge < -0.3 is 10.2 Å². The minimum absolute atomic E-state index is 0.437. The van der Waals surface area contributed by atoms with Crippen molar-refractivity contribution in [2.45, 2.75) is 37.1 Å². The standard InChI is InChI=1S/C15H24N2O2S/c1-3-11-17(12-13-7-6-10-16-13)14-8-4-5-9-15(14)20(2,18)19/h4-5,8-9,13,16H,3,6-7,10-12H2,1-2H3. The highest BCUT2D eigenvalue weighted by atomic mass is 32.2. The van der Waals surface area contributed by atoms with E-state index < -0.39 is 9.84 Å². The van der Waals surface area contributed by atoms with Crippen LogP contribution in [0.5, 0.6) is 0 Å². The van der Waals surface area contributed by atoms with Crippen LogP contribution >= 0.6 is 0 Å². The van der Waals surface area contributed by atoms with E-state index in [1.165, 1.54) is 19.1 Å². The van der Waals surface area contributed by atoms with Gasteiger partial charge >= 0.3 is 0 Å². The van der Waals surface area contributed by atoms with Gasteiger partial charge in [-0.05, 0) is 37.9 Å². The van der Waals surface area contributed by atoms with E-state index in [4.69, 9.17) is 0 Å². The van der Waals surface area contributed by atoms with Crippen LogP contribution in [0.2, 0.25) is 0 Å². The van der Waals surface area contributed by atoms with Gasteiger partial charge in [-0.15, -0.1) is 0 Å². The highest BCUT2D eigenvalue weighted by Crippen LogP contribution is 2.26. The molecule has 5 heteroatoms. The van der Waals surface area contributed by atoms with Crippen LogP contribution in [0.1, 0.15) is 26.2 Å². The average Bonchev–Trinajstić information content (AvgIpc) is 2.90. The van der Waals surface area contributed by atoms with Crippen LogP contribution in [-0.2, 0) is 9.84 Å². The van der Waals surface area contributed by atoms with Gasteiger partial charge in [0, 0.05) is 25.4 Å². The van der Waals surface area contributed by atoms with Gasteiger partial charge in [-0.3, -0.25) is 0 Å². The van der Waals surface area contributed by atoms with Crippen molar-refractivity contribution in [2.75, 3.05) is 30.8 Å². The molecule has 112 valence electrons. The molecule has 1 aromatic carbocycles. The summed E-state index contributed by atoms with van der Waals surface area (Å²) < 4.78 is 23.9. The van der Waals surface area contributed by atoms with Gasteiger partial charge in [-0.1, -0.05) is 19.1 Å². The summed E-state index contributed by atoms with van der Waals surface area (Å²) in [6.45, 7) is 4.95. The van der Waals surface area contributed by atoms with Crippen molar-refractivity contribution in [3.63, 3.8) is 0 Å². The predicted octanol–water partition coefficient (Wildman–Crippen LogP) is 2.06. The summed E-state index contributed by atoms with van der Waals surface area (Å²) in [6, 6.07) is 7.79. The number of anilines is 1. The van der Waals surface area contributed by atoms with Crippen molar-refractivity contribution in [3.8, 4) is 0 Å². The first kappa shape index (κ1) is 15.3. The summed E-state index contributed by atoms with van der Waals surface area (Å²) in [4.78, 5) is 2.64. The molecule has 0 aliphatic carbocycles. The van der Waals surface area contributed by atoms with Crippen LogP contribution in [0.4, 0.5) is 5.69 Å². The number of nitrogens with one attached hydrogen (secondary N) is 1. The summed E-state index contributed by atoms with van der Waals surface area (Å²) in [5.41, 5.74) is 0.838. The zero-order valence-corrected chi connectivity index (χ0v) is 13.1. The Morgan fingerprint density at radius 3 is 2.70 bits per heavy atom. The number of para-hydroxylation sites is 1. The van der Waals surface area contributed by atoms with Crippen molar-refractivity contribution in [1.82, 2.24) is 5.32 Å². The molecule has 2 rings (SSSR count). The van der Waals surface area contributed by atoms with Crippen molar-refractivity contribution in [1.29, 1.82) is 0 Å². The third kappa shape index (κ3) is 3.73. The molecule has 1 aliphatic rings.